The van der Waals surface area contributed by atoms with Crippen molar-refractivity contribution >= 4 is 17.4 Å². The molecular formula is C9H12ClN3O. The zero-order chi connectivity index (χ0) is 9.97. The van der Waals surface area contributed by atoms with Crippen LogP contribution in [0.25, 0.3) is 0 Å². The van der Waals surface area contributed by atoms with Crippen LogP contribution in [0.2, 0.25) is 5.15 Å². The van der Waals surface area contributed by atoms with Crippen LogP contribution in [0, 0.1) is 0 Å². The first-order valence-electron chi connectivity index (χ1n) is 4.68. The fraction of sp³-hybridized carbons (Fsp3) is 0.556. The van der Waals surface area contributed by atoms with E-state index in [0.717, 1.165) is 25.2 Å². The summed E-state index contributed by atoms with van der Waals surface area (Å²) < 4.78 is 0. The molecule has 1 aromatic heterocycles. The summed E-state index contributed by atoms with van der Waals surface area (Å²) in [4.78, 5) is 2.07. The number of halogens is 1. The highest BCUT2D eigenvalue weighted by molar-refractivity contribution is 6.29. The lowest BCUT2D eigenvalue weighted by Gasteiger charge is -2.23. The molecule has 14 heavy (non-hydrogen) atoms. The molecule has 76 valence electrons. The van der Waals surface area contributed by atoms with E-state index in [9.17, 15) is 0 Å². The molecule has 0 unspecified atom stereocenters. The van der Waals surface area contributed by atoms with E-state index in [4.69, 9.17) is 16.7 Å². The van der Waals surface area contributed by atoms with Crippen LogP contribution >= 0.6 is 11.6 Å². The Morgan fingerprint density at radius 1 is 1.50 bits per heavy atom. The molecule has 1 saturated heterocycles. The molecule has 1 aromatic rings. The first-order chi connectivity index (χ1) is 6.81. The van der Waals surface area contributed by atoms with Crippen LogP contribution in [0.5, 0.6) is 0 Å². The van der Waals surface area contributed by atoms with Crippen molar-refractivity contribution in [3.8, 4) is 0 Å². The fourth-order valence-corrected chi connectivity index (χ4v) is 1.89. The van der Waals surface area contributed by atoms with Crippen LogP contribution in [-0.4, -0.2) is 34.5 Å². The zero-order valence-electron chi connectivity index (χ0n) is 7.73. The minimum absolute atomic E-state index is 0.171. The van der Waals surface area contributed by atoms with Gasteiger partial charge in [-0.25, -0.2) is 0 Å². The van der Waals surface area contributed by atoms with Gasteiger partial charge in [-0.05, 0) is 25.0 Å². The van der Waals surface area contributed by atoms with Gasteiger partial charge in [0.1, 0.15) is 0 Å². The predicted molar refractivity (Wildman–Crippen MR) is 54.5 cm³/mol. The lowest BCUT2D eigenvalue weighted by molar-refractivity contribution is 0.266. The van der Waals surface area contributed by atoms with Crippen molar-refractivity contribution in [3.63, 3.8) is 0 Å². The van der Waals surface area contributed by atoms with Crippen LogP contribution in [-0.2, 0) is 0 Å². The van der Waals surface area contributed by atoms with Crippen molar-refractivity contribution < 1.29 is 5.11 Å². The molecule has 4 nitrogen and oxygen atoms in total. The smallest absolute Gasteiger partial charge is 0.151 e. The quantitative estimate of drug-likeness (QED) is 0.799. The van der Waals surface area contributed by atoms with E-state index in [2.05, 4.69) is 15.1 Å². The van der Waals surface area contributed by atoms with Gasteiger partial charge in [0, 0.05) is 6.54 Å². The number of rotatable bonds is 2. The topological polar surface area (TPSA) is 49.2 Å². The molecule has 0 bridgehead atoms. The zero-order valence-corrected chi connectivity index (χ0v) is 8.48. The number of hydrogen-bond acceptors (Lipinski definition) is 4. The highest BCUT2D eigenvalue weighted by Crippen LogP contribution is 2.23. The maximum atomic E-state index is 9.14. The van der Waals surface area contributed by atoms with Crippen molar-refractivity contribution in [3.05, 3.63) is 17.3 Å². The van der Waals surface area contributed by atoms with E-state index in [0.29, 0.717) is 5.15 Å². The largest absolute Gasteiger partial charge is 0.394 e. The van der Waals surface area contributed by atoms with Gasteiger partial charge in [-0.3, -0.25) is 0 Å². The van der Waals surface area contributed by atoms with Gasteiger partial charge < -0.3 is 10.0 Å². The number of aliphatic hydroxyl groups is 1. The highest BCUT2D eigenvalue weighted by atomic mass is 35.5. The minimum Gasteiger partial charge on any atom is -0.394 e. The van der Waals surface area contributed by atoms with Crippen LogP contribution in [0.4, 0.5) is 5.82 Å². The van der Waals surface area contributed by atoms with Gasteiger partial charge in [0.2, 0.25) is 0 Å². The van der Waals surface area contributed by atoms with Gasteiger partial charge in [-0.15, -0.1) is 10.2 Å². The molecule has 0 radical (unpaired) electrons. The highest BCUT2D eigenvalue weighted by Gasteiger charge is 2.24. The van der Waals surface area contributed by atoms with Gasteiger partial charge in [0.25, 0.3) is 0 Å². The summed E-state index contributed by atoms with van der Waals surface area (Å²) in [5.41, 5.74) is 0. The second-order valence-corrected chi connectivity index (χ2v) is 3.77. The Morgan fingerprint density at radius 3 is 3.00 bits per heavy atom. The minimum atomic E-state index is 0.171. The maximum Gasteiger partial charge on any atom is 0.151 e. The summed E-state index contributed by atoms with van der Waals surface area (Å²) in [6, 6.07) is 3.74. The second kappa shape index (κ2) is 4.11. The summed E-state index contributed by atoms with van der Waals surface area (Å²) in [5.74, 6) is 0.797. The average Bonchev–Trinajstić information content (AvgIpc) is 2.67. The van der Waals surface area contributed by atoms with Gasteiger partial charge in [-0.2, -0.15) is 0 Å². The molecule has 0 spiro atoms. The van der Waals surface area contributed by atoms with Crippen molar-refractivity contribution in [2.75, 3.05) is 18.1 Å². The van der Waals surface area contributed by atoms with Gasteiger partial charge in [-0.1, -0.05) is 11.6 Å². The average molecular weight is 214 g/mol. The lowest BCUT2D eigenvalue weighted by Crippen LogP contribution is -2.32. The van der Waals surface area contributed by atoms with E-state index < -0.39 is 0 Å². The second-order valence-electron chi connectivity index (χ2n) is 3.39. The predicted octanol–water partition coefficient (Wildman–Crippen LogP) is 1.09. The van der Waals surface area contributed by atoms with Crippen LogP contribution in [0.15, 0.2) is 12.1 Å². The molecule has 1 atom stereocenters. The third-order valence-corrected chi connectivity index (χ3v) is 2.70. The number of aliphatic hydroxyl groups excluding tert-OH is 1. The Labute approximate surface area is 87.5 Å². The molecule has 1 aliphatic heterocycles. The Morgan fingerprint density at radius 2 is 2.36 bits per heavy atom. The van der Waals surface area contributed by atoms with E-state index >= 15 is 0 Å². The van der Waals surface area contributed by atoms with E-state index in [1.165, 1.54) is 0 Å². The summed E-state index contributed by atoms with van der Waals surface area (Å²) in [6.07, 6.45) is 2.11. The molecule has 2 rings (SSSR count). The monoisotopic (exact) mass is 213 g/mol. The lowest BCUT2D eigenvalue weighted by atomic mass is 10.2. The Balaban J connectivity index is 2.17. The number of aromatic nitrogens is 2. The molecule has 5 heteroatoms. The number of anilines is 1. The fourth-order valence-electron chi connectivity index (χ4n) is 1.79. The molecule has 1 fully saturated rings. The summed E-state index contributed by atoms with van der Waals surface area (Å²) in [7, 11) is 0. The van der Waals surface area contributed by atoms with Crippen LogP contribution in [0.3, 0.4) is 0 Å². The SMILES string of the molecule is OC[C@@H]1CCCN1c1ccc(Cl)nn1. The van der Waals surface area contributed by atoms with E-state index in [1.54, 1.807) is 6.07 Å². The summed E-state index contributed by atoms with van der Waals surface area (Å²) >= 11 is 5.65. The molecule has 0 saturated carbocycles. The third kappa shape index (κ3) is 1.81. The van der Waals surface area contributed by atoms with Gasteiger partial charge in [0.15, 0.2) is 11.0 Å². The van der Waals surface area contributed by atoms with Crippen molar-refractivity contribution in [1.82, 2.24) is 10.2 Å². The first-order valence-corrected chi connectivity index (χ1v) is 5.06. The number of nitrogens with zero attached hydrogens (tertiary/aromatic N) is 3. The van der Waals surface area contributed by atoms with Gasteiger partial charge >= 0.3 is 0 Å². The third-order valence-electron chi connectivity index (χ3n) is 2.50. The molecule has 2 heterocycles. The van der Waals surface area contributed by atoms with Crippen molar-refractivity contribution in [2.45, 2.75) is 18.9 Å². The summed E-state index contributed by atoms with van der Waals surface area (Å²) in [6.45, 7) is 1.10. The van der Waals surface area contributed by atoms with Crippen molar-refractivity contribution in [1.29, 1.82) is 0 Å². The normalized spacial score (nSPS) is 21.6. The maximum absolute atomic E-state index is 9.14. The first kappa shape index (κ1) is 9.68. The van der Waals surface area contributed by atoms with E-state index in [-0.39, 0.29) is 12.6 Å². The van der Waals surface area contributed by atoms with Crippen LogP contribution in [0.1, 0.15) is 12.8 Å². The number of hydrogen-bond donors (Lipinski definition) is 1. The Hall–Kier alpha value is -0.870. The van der Waals surface area contributed by atoms with Gasteiger partial charge in [0.05, 0.1) is 12.6 Å². The van der Waals surface area contributed by atoms with Crippen LogP contribution < -0.4 is 4.90 Å². The molecule has 1 N–H and O–H groups in total. The molecule has 1 aliphatic rings. The van der Waals surface area contributed by atoms with E-state index in [1.807, 2.05) is 6.07 Å². The standard InChI is InChI=1S/C9H12ClN3O/c10-8-3-4-9(12-11-8)13-5-1-2-7(13)6-14/h3-4,7,14H,1-2,5-6H2/t7-/m0/s1. The molecule has 0 amide bonds. The Kier molecular flexibility index (Phi) is 2.84. The van der Waals surface area contributed by atoms with Crippen molar-refractivity contribution in [2.24, 2.45) is 0 Å². The summed E-state index contributed by atoms with van der Waals surface area (Å²) in [5, 5.41) is 17.3. The molecule has 0 aliphatic carbocycles. The molecule has 0 aromatic carbocycles. The molecular weight excluding hydrogens is 202 g/mol. The Bertz CT molecular complexity index is 303.